The van der Waals surface area contributed by atoms with Crippen LogP contribution in [0.1, 0.15) is 28.8 Å². The number of hydrogen-bond acceptors (Lipinski definition) is 2. The molecule has 3 rings (SSSR count). The van der Waals surface area contributed by atoms with Crippen LogP contribution in [0.4, 0.5) is 13.2 Å². The Kier molecular flexibility index (Phi) is 5.67. The number of hydrogen-bond donors (Lipinski definition) is 2. The molecule has 0 saturated carbocycles. The Morgan fingerprint density at radius 2 is 1.93 bits per heavy atom. The zero-order valence-corrected chi connectivity index (χ0v) is 15.7. The highest BCUT2D eigenvalue weighted by Gasteiger charge is 2.32. The molecule has 0 aliphatic carbocycles. The first-order valence-corrected chi connectivity index (χ1v) is 8.81. The molecular formula is C19H13Cl2F3N2O2. The largest absolute Gasteiger partial charge is 0.481 e. The number of H-pyrrole nitrogens is 1. The van der Waals surface area contributed by atoms with E-state index >= 15 is 0 Å². The fraction of sp³-hybridized carbons (Fsp3) is 0.158. The molecule has 0 radical (unpaired) electrons. The quantitative estimate of drug-likeness (QED) is 0.526. The van der Waals surface area contributed by atoms with E-state index in [0.29, 0.717) is 32.3 Å². The van der Waals surface area contributed by atoms with Crippen molar-refractivity contribution in [2.75, 3.05) is 0 Å². The van der Waals surface area contributed by atoms with Gasteiger partial charge in [0.15, 0.2) is 0 Å². The number of nitrogens with zero attached hydrogens (tertiary/aromatic N) is 1. The maximum Gasteiger partial charge on any atom is 0.416 e. The summed E-state index contributed by atoms with van der Waals surface area (Å²) in [5.41, 5.74) is 0.700. The lowest BCUT2D eigenvalue weighted by Crippen LogP contribution is -2.06. The van der Waals surface area contributed by atoms with Crippen LogP contribution in [-0.2, 0) is 17.4 Å². The molecule has 2 aromatic carbocycles. The van der Waals surface area contributed by atoms with Crippen LogP contribution in [0.5, 0.6) is 0 Å². The summed E-state index contributed by atoms with van der Waals surface area (Å²) < 4.78 is 39.9. The molecule has 9 heteroatoms. The number of carboxylic acids is 1. The van der Waals surface area contributed by atoms with Crippen molar-refractivity contribution in [2.24, 2.45) is 0 Å². The predicted molar refractivity (Wildman–Crippen MR) is 102 cm³/mol. The van der Waals surface area contributed by atoms with Gasteiger partial charge in [0.2, 0.25) is 0 Å². The van der Waals surface area contributed by atoms with Gasteiger partial charge >= 0.3 is 12.1 Å². The molecule has 0 unspecified atom stereocenters. The third-order valence-electron chi connectivity index (χ3n) is 4.06. The first kappa shape index (κ1) is 20.2. The van der Waals surface area contributed by atoms with Crippen molar-refractivity contribution in [2.45, 2.75) is 19.0 Å². The molecule has 0 saturated heterocycles. The number of carbonyl (C=O) groups is 1. The fourth-order valence-electron chi connectivity index (χ4n) is 2.83. The molecule has 0 aliphatic rings. The van der Waals surface area contributed by atoms with Crippen molar-refractivity contribution in [1.29, 1.82) is 0 Å². The van der Waals surface area contributed by atoms with Gasteiger partial charge in [-0.05, 0) is 47.9 Å². The number of fused-ring (bicyclic) bond motifs is 1. The van der Waals surface area contributed by atoms with Gasteiger partial charge in [-0.25, -0.2) is 0 Å². The summed E-state index contributed by atoms with van der Waals surface area (Å²) in [6, 6.07) is 6.81. The normalized spacial score (nSPS) is 12.2. The minimum atomic E-state index is -4.53. The summed E-state index contributed by atoms with van der Waals surface area (Å²) in [7, 11) is 0. The average Bonchev–Trinajstić information content (AvgIpc) is 2.99. The number of aromatic nitrogens is 2. The zero-order chi connectivity index (χ0) is 20.5. The Labute approximate surface area is 167 Å². The van der Waals surface area contributed by atoms with Gasteiger partial charge in [0.1, 0.15) is 0 Å². The molecule has 0 fully saturated rings. The van der Waals surface area contributed by atoms with Gasteiger partial charge in [-0.1, -0.05) is 35.3 Å². The van der Waals surface area contributed by atoms with Gasteiger partial charge in [0.25, 0.3) is 0 Å². The number of aliphatic carboxylic acids is 1. The summed E-state index contributed by atoms with van der Waals surface area (Å²) in [4.78, 5) is 10.7. The van der Waals surface area contributed by atoms with Crippen molar-refractivity contribution in [3.8, 4) is 0 Å². The number of halogens is 5. The lowest BCUT2D eigenvalue weighted by Gasteiger charge is -2.12. The van der Waals surface area contributed by atoms with Crippen LogP contribution >= 0.6 is 23.2 Å². The maximum atomic E-state index is 13.3. The van der Waals surface area contributed by atoms with Crippen molar-refractivity contribution in [3.63, 3.8) is 0 Å². The second-order valence-electron chi connectivity index (χ2n) is 6.08. The van der Waals surface area contributed by atoms with Crippen LogP contribution < -0.4 is 0 Å². The summed E-state index contributed by atoms with van der Waals surface area (Å²) in [6.07, 6.45) is -1.79. The van der Waals surface area contributed by atoms with E-state index in [1.165, 1.54) is 18.2 Å². The minimum Gasteiger partial charge on any atom is -0.481 e. The van der Waals surface area contributed by atoms with Crippen molar-refractivity contribution >= 4 is 46.2 Å². The molecule has 1 heterocycles. The first-order chi connectivity index (χ1) is 13.1. The van der Waals surface area contributed by atoms with E-state index in [2.05, 4.69) is 10.2 Å². The van der Waals surface area contributed by atoms with Crippen LogP contribution in [0.25, 0.3) is 17.0 Å². The van der Waals surface area contributed by atoms with E-state index in [4.69, 9.17) is 28.3 Å². The van der Waals surface area contributed by atoms with Crippen molar-refractivity contribution in [1.82, 2.24) is 10.2 Å². The predicted octanol–water partition coefficient (Wildman–Crippen LogP) is 5.97. The summed E-state index contributed by atoms with van der Waals surface area (Å²) in [6.45, 7) is 0. The number of aromatic amines is 1. The van der Waals surface area contributed by atoms with Crippen molar-refractivity contribution < 1.29 is 23.1 Å². The van der Waals surface area contributed by atoms with Gasteiger partial charge in [-0.2, -0.15) is 18.3 Å². The van der Waals surface area contributed by atoms with E-state index < -0.39 is 17.7 Å². The fourth-order valence-corrected chi connectivity index (χ4v) is 3.31. The van der Waals surface area contributed by atoms with Crippen LogP contribution in [0.3, 0.4) is 0 Å². The van der Waals surface area contributed by atoms with Gasteiger partial charge in [0.05, 0.1) is 23.2 Å². The van der Waals surface area contributed by atoms with Crippen LogP contribution in [0.15, 0.2) is 36.4 Å². The number of carboxylic acid groups (broad SMARTS) is 1. The molecule has 0 amide bonds. The standard InChI is InChI=1S/C19H13Cl2F3N2O2/c20-13-5-4-10(14(21)9-13)6-11-7-12(19(22,23)24)8-16-18(11)15(25-26-16)2-1-3-17(27)28/h1-2,4-5,7-9H,3,6H2,(H,25,26)(H,27,28)/b2-1+. The van der Waals surface area contributed by atoms with E-state index in [1.54, 1.807) is 12.1 Å². The molecule has 4 nitrogen and oxygen atoms in total. The van der Waals surface area contributed by atoms with Gasteiger partial charge < -0.3 is 5.11 Å². The van der Waals surface area contributed by atoms with Gasteiger partial charge in [-0.3, -0.25) is 9.89 Å². The molecule has 0 spiro atoms. The second kappa shape index (κ2) is 7.85. The topological polar surface area (TPSA) is 66.0 Å². The summed E-state index contributed by atoms with van der Waals surface area (Å²) >= 11 is 12.1. The summed E-state index contributed by atoms with van der Waals surface area (Å²) in [5.74, 6) is -1.02. The number of alkyl halides is 3. The highest BCUT2D eigenvalue weighted by Crippen LogP contribution is 2.35. The smallest absolute Gasteiger partial charge is 0.416 e. The highest BCUT2D eigenvalue weighted by atomic mass is 35.5. The molecule has 146 valence electrons. The summed E-state index contributed by atoms with van der Waals surface area (Å²) in [5, 5.41) is 16.6. The van der Waals surface area contributed by atoms with Crippen LogP contribution in [0, 0.1) is 0 Å². The van der Waals surface area contributed by atoms with E-state index in [-0.39, 0.29) is 18.4 Å². The molecule has 3 aromatic rings. The van der Waals surface area contributed by atoms with Crippen LogP contribution in [0.2, 0.25) is 10.0 Å². The lowest BCUT2D eigenvalue weighted by atomic mass is 9.97. The van der Waals surface area contributed by atoms with E-state index in [9.17, 15) is 18.0 Å². The first-order valence-electron chi connectivity index (χ1n) is 8.05. The second-order valence-corrected chi connectivity index (χ2v) is 6.92. The molecule has 0 atom stereocenters. The van der Waals surface area contributed by atoms with Gasteiger partial charge in [0, 0.05) is 15.4 Å². The van der Waals surface area contributed by atoms with Crippen LogP contribution in [-0.4, -0.2) is 21.3 Å². The highest BCUT2D eigenvalue weighted by molar-refractivity contribution is 6.35. The van der Waals surface area contributed by atoms with Crippen molar-refractivity contribution in [3.05, 3.63) is 68.8 Å². The number of nitrogens with one attached hydrogen (secondary N) is 1. The molecule has 1 aromatic heterocycles. The number of rotatable bonds is 5. The van der Waals surface area contributed by atoms with E-state index in [1.807, 2.05) is 0 Å². The van der Waals surface area contributed by atoms with E-state index in [0.717, 1.165) is 12.1 Å². The molecule has 28 heavy (non-hydrogen) atoms. The SMILES string of the molecule is O=C(O)C/C=C/c1n[nH]c2cc(C(F)(F)F)cc(Cc3ccc(Cl)cc3Cl)c12. The zero-order valence-electron chi connectivity index (χ0n) is 14.1. The Hall–Kier alpha value is -2.51. The molecule has 2 N–H and O–H groups in total. The Morgan fingerprint density at radius 1 is 1.18 bits per heavy atom. The monoisotopic (exact) mass is 428 g/mol. The third kappa shape index (κ3) is 4.48. The Morgan fingerprint density at radius 3 is 2.57 bits per heavy atom. The average molecular weight is 429 g/mol. The third-order valence-corrected chi connectivity index (χ3v) is 4.65. The Bertz CT molecular complexity index is 1070. The molecular weight excluding hydrogens is 416 g/mol. The maximum absolute atomic E-state index is 13.3. The lowest BCUT2D eigenvalue weighted by molar-refractivity contribution is -0.138. The molecule has 0 aliphatic heterocycles. The minimum absolute atomic E-state index is 0.121. The number of benzene rings is 2. The van der Waals surface area contributed by atoms with Gasteiger partial charge in [-0.15, -0.1) is 0 Å². The molecule has 0 bridgehead atoms. The Balaban J connectivity index is 2.14.